The standard InChI is InChI=1S/C27H28ClN7O/c1-17-18(11-29)2-5-24(30-17)34-15-27(16-34)9-20(10-27)26-32-31-25-13-33(22-6-7-36-14-22)12-19-8-21(28)3-4-23(19)35(25)26/h2-5,8,20,22H,6-7,9-10,12-16H2,1H3/t22-/m1/s1. The van der Waals surface area contributed by atoms with Crippen LogP contribution in [0.25, 0.3) is 5.69 Å². The molecule has 1 aromatic carbocycles. The summed E-state index contributed by atoms with van der Waals surface area (Å²) in [6.07, 6.45) is 3.27. The number of ether oxygens (including phenoxy) is 1. The Morgan fingerprint density at radius 1 is 1.14 bits per heavy atom. The van der Waals surface area contributed by atoms with Crippen molar-refractivity contribution in [1.82, 2.24) is 24.6 Å². The molecule has 0 radical (unpaired) electrons. The van der Waals surface area contributed by atoms with Gasteiger partial charge in [0.25, 0.3) is 0 Å². The Bertz CT molecular complexity index is 1380. The third kappa shape index (κ3) is 3.52. The monoisotopic (exact) mass is 501 g/mol. The molecule has 3 aliphatic heterocycles. The summed E-state index contributed by atoms with van der Waals surface area (Å²) in [4.78, 5) is 9.45. The first-order valence-electron chi connectivity index (χ1n) is 12.7. The molecular formula is C27H28ClN7O. The Labute approximate surface area is 215 Å². The molecule has 8 nitrogen and oxygen atoms in total. The summed E-state index contributed by atoms with van der Waals surface area (Å²) in [5, 5.41) is 19.4. The molecule has 0 amide bonds. The van der Waals surface area contributed by atoms with Gasteiger partial charge < -0.3 is 9.64 Å². The van der Waals surface area contributed by atoms with E-state index in [-0.39, 0.29) is 0 Å². The molecule has 1 atom stereocenters. The highest BCUT2D eigenvalue weighted by atomic mass is 35.5. The summed E-state index contributed by atoms with van der Waals surface area (Å²) in [5.41, 5.74) is 4.14. The molecular weight excluding hydrogens is 474 g/mol. The van der Waals surface area contributed by atoms with Crippen LogP contribution in [0.3, 0.4) is 0 Å². The molecule has 4 aliphatic rings. The van der Waals surface area contributed by atoms with Crippen LogP contribution in [0, 0.1) is 23.7 Å². The number of hydrogen-bond acceptors (Lipinski definition) is 7. The third-order valence-electron chi connectivity index (χ3n) is 8.47. The van der Waals surface area contributed by atoms with Crippen LogP contribution in [0.2, 0.25) is 5.02 Å². The molecule has 9 heteroatoms. The number of nitrogens with zero attached hydrogens (tertiary/aromatic N) is 7. The Morgan fingerprint density at radius 2 is 2.00 bits per heavy atom. The van der Waals surface area contributed by atoms with Gasteiger partial charge >= 0.3 is 0 Å². The Balaban J connectivity index is 1.12. The van der Waals surface area contributed by atoms with Gasteiger partial charge in [0.2, 0.25) is 0 Å². The second-order valence-electron chi connectivity index (χ2n) is 10.9. The van der Waals surface area contributed by atoms with Crippen LogP contribution >= 0.6 is 11.6 Å². The molecule has 0 N–H and O–H groups in total. The highest BCUT2D eigenvalue weighted by Gasteiger charge is 2.54. The largest absolute Gasteiger partial charge is 0.380 e. The fraction of sp³-hybridized carbons (Fsp3) is 0.481. The molecule has 1 spiro atoms. The summed E-state index contributed by atoms with van der Waals surface area (Å²) in [6.45, 7) is 7.11. The van der Waals surface area contributed by atoms with Crippen molar-refractivity contribution >= 4 is 17.4 Å². The minimum atomic E-state index is 0.321. The average Bonchev–Trinajstić information content (AvgIpc) is 3.45. The van der Waals surface area contributed by atoms with E-state index in [0.29, 0.717) is 22.9 Å². The number of benzene rings is 1. The van der Waals surface area contributed by atoms with E-state index >= 15 is 0 Å². The summed E-state index contributed by atoms with van der Waals surface area (Å²) < 4.78 is 7.99. The molecule has 3 fully saturated rings. The van der Waals surface area contributed by atoms with E-state index in [1.165, 1.54) is 5.56 Å². The maximum atomic E-state index is 9.18. The number of pyridine rings is 1. The lowest BCUT2D eigenvalue weighted by Crippen LogP contribution is -2.62. The van der Waals surface area contributed by atoms with Crippen molar-refractivity contribution in [3.8, 4) is 11.8 Å². The van der Waals surface area contributed by atoms with Crippen LogP contribution in [0.1, 0.15) is 53.7 Å². The third-order valence-corrected chi connectivity index (χ3v) is 8.70. The molecule has 1 saturated carbocycles. The van der Waals surface area contributed by atoms with Crippen molar-refractivity contribution in [1.29, 1.82) is 5.26 Å². The number of fused-ring (bicyclic) bond motifs is 3. The zero-order valence-electron chi connectivity index (χ0n) is 20.3. The number of aryl methyl sites for hydroxylation is 1. The number of nitriles is 1. The minimum absolute atomic E-state index is 0.321. The predicted octanol–water partition coefficient (Wildman–Crippen LogP) is 3.98. The summed E-state index contributed by atoms with van der Waals surface area (Å²) in [5.74, 6) is 3.45. The van der Waals surface area contributed by atoms with Crippen LogP contribution in [0.15, 0.2) is 30.3 Å². The van der Waals surface area contributed by atoms with Crippen molar-refractivity contribution in [3.63, 3.8) is 0 Å². The van der Waals surface area contributed by atoms with E-state index in [1.807, 2.05) is 25.1 Å². The van der Waals surface area contributed by atoms with E-state index in [1.54, 1.807) is 0 Å². The fourth-order valence-electron chi connectivity index (χ4n) is 6.58. The second-order valence-corrected chi connectivity index (χ2v) is 11.3. The van der Waals surface area contributed by atoms with Gasteiger partial charge in [-0.2, -0.15) is 5.26 Å². The number of rotatable bonds is 3. The lowest BCUT2D eigenvalue weighted by atomic mass is 9.57. The van der Waals surface area contributed by atoms with Gasteiger partial charge in [-0.25, -0.2) is 4.98 Å². The molecule has 3 aromatic rings. The molecule has 1 aliphatic carbocycles. The zero-order chi connectivity index (χ0) is 24.4. The minimum Gasteiger partial charge on any atom is -0.380 e. The average molecular weight is 502 g/mol. The maximum Gasteiger partial charge on any atom is 0.151 e. The van der Waals surface area contributed by atoms with E-state index in [4.69, 9.17) is 26.5 Å². The Hall–Kier alpha value is -2.99. The number of anilines is 1. The molecule has 2 saturated heterocycles. The number of aromatic nitrogens is 4. The Kier molecular flexibility index (Phi) is 5.11. The van der Waals surface area contributed by atoms with Gasteiger partial charge in [-0.15, -0.1) is 10.2 Å². The molecule has 7 rings (SSSR count). The van der Waals surface area contributed by atoms with Crippen molar-refractivity contribution in [3.05, 3.63) is 63.8 Å². The molecule has 0 unspecified atom stereocenters. The van der Waals surface area contributed by atoms with Gasteiger partial charge in [-0.05, 0) is 62.1 Å². The van der Waals surface area contributed by atoms with E-state index in [2.05, 4.69) is 37.6 Å². The van der Waals surface area contributed by atoms with Gasteiger partial charge in [0, 0.05) is 48.6 Å². The van der Waals surface area contributed by atoms with Gasteiger partial charge in [-0.3, -0.25) is 9.47 Å². The molecule has 5 heterocycles. The smallest absolute Gasteiger partial charge is 0.151 e. The zero-order valence-corrected chi connectivity index (χ0v) is 21.1. The SMILES string of the molecule is Cc1nc(N2CC3(CC(c4nnc5n4-c4ccc(Cl)cc4CN([C@@H]4CCOC4)C5)C3)C2)ccc1C#N. The topological polar surface area (TPSA) is 83.1 Å². The summed E-state index contributed by atoms with van der Waals surface area (Å²) in [6, 6.07) is 12.6. The van der Waals surface area contributed by atoms with Gasteiger partial charge in [0.1, 0.15) is 17.7 Å². The van der Waals surface area contributed by atoms with E-state index in [9.17, 15) is 5.26 Å². The van der Waals surface area contributed by atoms with E-state index in [0.717, 1.165) is 92.5 Å². The lowest BCUT2D eigenvalue weighted by molar-refractivity contribution is 0.0581. The quantitative estimate of drug-likeness (QED) is 0.536. The fourth-order valence-corrected chi connectivity index (χ4v) is 6.77. The molecule has 36 heavy (non-hydrogen) atoms. The highest BCUT2D eigenvalue weighted by molar-refractivity contribution is 6.30. The summed E-state index contributed by atoms with van der Waals surface area (Å²) >= 11 is 6.42. The molecule has 0 bridgehead atoms. The lowest BCUT2D eigenvalue weighted by Gasteiger charge is -2.59. The highest BCUT2D eigenvalue weighted by Crippen LogP contribution is 2.56. The summed E-state index contributed by atoms with van der Waals surface area (Å²) in [7, 11) is 0. The number of halogens is 1. The van der Waals surface area contributed by atoms with Crippen LogP contribution in [-0.4, -0.2) is 57.0 Å². The number of hydrogen-bond donors (Lipinski definition) is 0. The van der Waals surface area contributed by atoms with Crippen molar-refractivity contribution in [2.45, 2.75) is 51.2 Å². The normalized spacial score (nSPS) is 22.9. The molecule has 2 aromatic heterocycles. The predicted molar refractivity (Wildman–Crippen MR) is 135 cm³/mol. The van der Waals surface area contributed by atoms with Gasteiger partial charge in [-0.1, -0.05) is 11.6 Å². The van der Waals surface area contributed by atoms with Crippen molar-refractivity contribution in [2.24, 2.45) is 5.41 Å². The van der Waals surface area contributed by atoms with Crippen LogP contribution in [0.4, 0.5) is 5.82 Å². The first-order valence-corrected chi connectivity index (χ1v) is 13.1. The van der Waals surface area contributed by atoms with Crippen LogP contribution < -0.4 is 4.90 Å². The van der Waals surface area contributed by atoms with Crippen LogP contribution in [0.5, 0.6) is 0 Å². The van der Waals surface area contributed by atoms with Crippen molar-refractivity contribution in [2.75, 3.05) is 31.2 Å². The van der Waals surface area contributed by atoms with Gasteiger partial charge in [0.15, 0.2) is 5.82 Å². The molecule has 184 valence electrons. The first-order chi connectivity index (χ1) is 17.5. The first kappa shape index (κ1) is 22.2. The van der Waals surface area contributed by atoms with Crippen LogP contribution in [-0.2, 0) is 17.8 Å². The van der Waals surface area contributed by atoms with Crippen molar-refractivity contribution < 1.29 is 4.74 Å². The Morgan fingerprint density at radius 3 is 2.75 bits per heavy atom. The van der Waals surface area contributed by atoms with E-state index < -0.39 is 0 Å². The maximum absolute atomic E-state index is 9.18. The second kappa shape index (κ2) is 8.27. The van der Waals surface area contributed by atoms with Gasteiger partial charge in [0.05, 0.1) is 30.1 Å².